The first-order valence-electron chi connectivity index (χ1n) is 7.37. The van der Waals surface area contributed by atoms with Gasteiger partial charge in [0, 0.05) is 32.1 Å². The number of nitrogens with one attached hydrogen (secondary N) is 2. The summed E-state index contributed by atoms with van der Waals surface area (Å²) in [6, 6.07) is 8.96. The molecule has 8 heteroatoms. The van der Waals surface area contributed by atoms with Crippen LogP contribution in [0.1, 0.15) is 11.5 Å². The van der Waals surface area contributed by atoms with Crippen molar-refractivity contribution in [2.24, 2.45) is 0 Å². The smallest absolute Gasteiger partial charge is 0.330 e. The largest absolute Gasteiger partial charge is 0.480 e. The molecule has 0 unspecified atom stereocenters. The van der Waals surface area contributed by atoms with Crippen LogP contribution in [0.5, 0.6) is 0 Å². The van der Waals surface area contributed by atoms with Gasteiger partial charge in [-0.1, -0.05) is 36.9 Å². The molecule has 0 bridgehead atoms. The zero-order valence-corrected chi connectivity index (χ0v) is 13.3. The highest BCUT2D eigenvalue weighted by Gasteiger charge is 2.67. The summed E-state index contributed by atoms with van der Waals surface area (Å²) in [5.41, 5.74) is -0.566. The fraction of sp³-hybridized carbons (Fsp3) is 0.400. The first-order valence-corrected chi connectivity index (χ1v) is 8.81. The van der Waals surface area contributed by atoms with Crippen molar-refractivity contribution in [2.45, 2.75) is 11.5 Å². The fourth-order valence-electron chi connectivity index (χ4n) is 3.07. The van der Waals surface area contributed by atoms with Gasteiger partial charge in [-0.15, -0.1) is 0 Å². The van der Waals surface area contributed by atoms with Crippen molar-refractivity contribution in [1.82, 2.24) is 14.3 Å². The molecule has 2 fully saturated rings. The lowest BCUT2D eigenvalue weighted by Gasteiger charge is -2.28. The van der Waals surface area contributed by atoms with Gasteiger partial charge in [0.15, 0.2) is 5.54 Å². The second kappa shape index (κ2) is 5.72. The molecule has 0 amide bonds. The average Bonchev–Trinajstić information content (AvgIpc) is 3.13. The van der Waals surface area contributed by atoms with Crippen LogP contribution in [0.4, 0.5) is 0 Å². The first kappa shape index (κ1) is 16.1. The lowest BCUT2D eigenvalue weighted by Crippen LogP contribution is -2.55. The third kappa shape index (κ3) is 2.67. The lowest BCUT2D eigenvalue weighted by molar-refractivity contribution is -0.139. The minimum absolute atomic E-state index is 0.313. The maximum absolute atomic E-state index is 12.6. The van der Waals surface area contributed by atoms with Gasteiger partial charge in [-0.2, -0.15) is 17.4 Å². The molecule has 0 spiro atoms. The molecule has 3 N–H and O–H groups in total. The van der Waals surface area contributed by atoms with Crippen molar-refractivity contribution >= 4 is 16.2 Å². The molecule has 2 atom stereocenters. The Morgan fingerprint density at radius 1 is 1.30 bits per heavy atom. The van der Waals surface area contributed by atoms with E-state index in [1.54, 1.807) is 24.3 Å². The van der Waals surface area contributed by atoms with E-state index in [0.29, 0.717) is 31.8 Å². The summed E-state index contributed by atoms with van der Waals surface area (Å²) in [6.45, 7) is 5.51. The Bertz CT molecular complexity index is 728. The van der Waals surface area contributed by atoms with Gasteiger partial charge in [0.1, 0.15) is 0 Å². The monoisotopic (exact) mass is 337 g/mol. The average molecular weight is 337 g/mol. The van der Waals surface area contributed by atoms with Crippen LogP contribution in [0.25, 0.3) is 0 Å². The number of nitrogens with zero attached hydrogens (tertiary/aromatic N) is 1. The molecule has 0 radical (unpaired) electrons. The maximum Gasteiger partial charge on any atom is 0.330 e. The van der Waals surface area contributed by atoms with Crippen molar-refractivity contribution in [3.63, 3.8) is 0 Å². The molecule has 3 rings (SSSR count). The zero-order chi connectivity index (χ0) is 16.7. The second-order valence-electron chi connectivity index (χ2n) is 5.74. The number of rotatable bonds is 5. The summed E-state index contributed by atoms with van der Waals surface area (Å²) < 4.78 is 28.7. The predicted molar refractivity (Wildman–Crippen MR) is 85.2 cm³/mol. The highest BCUT2D eigenvalue weighted by atomic mass is 32.2. The molecule has 1 saturated carbocycles. The summed E-state index contributed by atoms with van der Waals surface area (Å²) in [5.74, 6) is -1.78. The van der Waals surface area contributed by atoms with E-state index in [4.69, 9.17) is 0 Å². The van der Waals surface area contributed by atoms with Crippen molar-refractivity contribution < 1.29 is 18.3 Å². The number of piperazine rings is 1. The van der Waals surface area contributed by atoms with Crippen LogP contribution in [-0.2, 0) is 15.0 Å². The Morgan fingerprint density at radius 3 is 2.48 bits per heavy atom. The number of aliphatic carboxylic acids is 1. The lowest BCUT2D eigenvalue weighted by atomic mass is 10.1. The molecular weight excluding hydrogens is 318 g/mol. The topological polar surface area (TPSA) is 98.7 Å². The molecule has 23 heavy (non-hydrogen) atoms. The second-order valence-corrected chi connectivity index (χ2v) is 7.41. The minimum Gasteiger partial charge on any atom is -0.480 e. The third-order valence-corrected chi connectivity index (χ3v) is 6.01. The van der Waals surface area contributed by atoms with Gasteiger partial charge in [0.05, 0.1) is 0 Å². The van der Waals surface area contributed by atoms with Gasteiger partial charge >= 0.3 is 5.97 Å². The summed E-state index contributed by atoms with van der Waals surface area (Å²) in [7, 11) is -3.90. The Kier molecular flexibility index (Phi) is 4.01. The van der Waals surface area contributed by atoms with E-state index in [1.807, 2.05) is 6.07 Å². The van der Waals surface area contributed by atoms with Crippen LogP contribution < -0.4 is 10.0 Å². The highest BCUT2D eigenvalue weighted by Crippen LogP contribution is 2.56. The van der Waals surface area contributed by atoms with Gasteiger partial charge in [0.2, 0.25) is 0 Å². The van der Waals surface area contributed by atoms with Crippen LogP contribution in [0.3, 0.4) is 0 Å². The van der Waals surface area contributed by atoms with E-state index in [0.717, 1.165) is 5.56 Å². The molecule has 7 nitrogen and oxygen atoms in total. The van der Waals surface area contributed by atoms with Gasteiger partial charge in [-0.25, -0.2) is 4.79 Å². The molecule has 0 aromatic heterocycles. The van der Waals surface area contributed by atoms with Crippen molar-refractivity contribution in [2.75, 3.05) is 26.2 Å². The molecule has 1 heterocycles. The molecule has 1 aliphatic carbocycles. The van der Waals surface area contributed by atoms with E-state index in [-0.39, 0.29) is 0 Å². The summed E-state index contributed by atoms with van der Waals surface area (Å²) in [6.07, 6.45) is 0. The fourth-order valence-corrected chi connectivity index (χ4v) is 4.60. The minimum atomic E-state index is -3.90. The normalized spacial score (nSPS) is 28.5. The summed E-state index contributed by atoms with van der Waals surface area (Å²) in [4.78, 5) is 11.8. The van der Waals surface area contributed by atoms with Gasteiger partial charge in [-0.05, 0) is 11.1 Å². The zero-order valence-electron chi connectivity index (χ0n) is 12.5. The standard InChI is InChI=1S/C15H19N3O4S/c1-11-13(12-5-3-2-4-6-12)15(11,14(19)20)17-23(21,22)18-9-7-16-8-10-18/h2-6,13,16-17H,1,7-10H2,(H,19,20)/t13-,15+/m1/s1. The Hall–Kier alpha value is -1.74. The molecule has 1 aliphatic heterocycles. The molecular formula is C15H19N3O4S. The van der Waals surface area contributed by atoms with Crippen LogP contribution in [-0.4, -0.2) is 55.5 Å². The highest BCUT2D eigenvalue weighted by molar-refractivity contribution is 7.87. The van der Waals surface area contributed by atoms with Crippen molar-refractivity contribution in [3.8, 4) is 0 Å². The van der Waals surface area contributed by atoms with Gasteiger partial charge in [0.25, 0.3) is 10.2 Å². The molecule has 2 aliphatic rings. The molecule has 1 saturated heterocycles. The van der Waals surface area contributed by atoms with Gasteiger partial charge < -0.3 is 10.4 Å². The summed E-state index contributed by atoms with van der Waals surface area (Å²) in [5, 5.41) is 12.7. The molecule has 124 valence electrons. The number of carboxylic acid groups (broad SMARTS) is 1. The molecule has 1 aromatic rings. The quantitative estimate of drug-likeness (QED) is 0.652. The number of carbonyl (C=O) groups is 1. The summed E-state index contributed by atoms with van der Waals surface area (Å²) >= 11 is 0. The maximum atomic E-state index is 12.6. The predicted octanol–water partition coefficient (Wildman–Crippen LogP) is -0.0970. The number of carboxylic acids is 1. The van der Waals surface area contributed by atoms with Crippen molar-refractivity contribution in [3.05, 3.63) is 48.0 Å². The Balaban J connectivity index is 1.89. The van der Waals surface area contributed by atoms with E-state index < -0.39 is 27.6 Å². The van der Waals surface area contributed by atoms with Gasteiger partial charge in [-0.3, -0.25) is 0 Å². The van der Waals surface area contributed by atoms with E-state index >= 15 is 0 Å². The van der Waals surface area contributed by atoms with E-state index in [9.17, 15) is 18.3 Å². The first-order chi connectivity index (χ1) is 10.9. The number of hydrogen-bond donors (Lipinski definition) is 3. The Labute approximate surface area is 135 Å². The number of hydrogen-bond acceptors (Lipinski definition) is 4. The number of benzene rings is 1. The van der Waals surface area contributed by atoms with E-state index in [2.05, 4.69) is 16.6 Å². The van der Waals surface area contributed by atoms with Crippen LogP contribution in [0.15, 0.2) is 42.5 Å². The third-order valence-electron chi connectivity index (χ3n) is 4.38. The van der Waals surface area contributed by atoms with Crippen LogP contribution >= 0.6 is 0 Å². The van der Waals surface area contributed by atoms with E-state index in [1.165, 1.54) is 4.31 Å². The van der Waals surface area contributed by atoms with Crippen molar-refractivity contribution in [1.29, 1.82) is 0 Å². The molecule has 1 aromatic carbocycles. The van der Waals surface area contributed by atoms with Crippen LogP contribution in [0, 0.1) is 0 Å². The Morgan fingerprint density at radius 2 is 1.91 bits per heavy atom. The SMILES string of the molecule is C=C1[C@H](c2ccccc2)[C@]1(NS(=O)(=O)N1CCNCC1)C(=O)O. The van der Waals surface area contributed by atoms with Crippen LogP contribution in [0.2, 0.25) is 0 Å².